The van der Waals surface area contributed by atoms with E-state index < -0.39 is 0 Å². The predicted octanol–water partition coefficient (Wildman–Crippen LogP) is 4.03. The Hall–Kier alpha value is -1.66. The van der Waals surface area contributed by atoms with Gasteiger partial charge in [-0.15, -0.1) is 0 Å². The van der Waals surface area contributed by atoms with E-state index in [1.807, 2.05) is 0 Å². The summed E-state index contributed by atoms with van der Waals surface area (Å²) in [6.45, 7) is 9.79. The Morgan fingerprint density at radius 2 is 1.79 bits per heavy atom. The fraction of sp³-hybridized carbons (Fsp3) is 0.444. The number of hydrogen-bond donors (Lipinski definition) is 3. The van der Waals surface area contributed by atoms with Crippen LogP contribution >= 0.6 is 0 Å². The van der Waals surface area contributed by atoms with Gasteiger partial charge in [-0.25, -0.2) is 4.79 Å². The van der Waals surface area contributed by atoms with Crippen LogP contribution in [-0.4, -0.2) is 17.7 Å². The zero-order valence-electron chi connectivity index (χ0n) is 14.0. The number of carbonyl (C=O) groups excluding carboxylic acids is 1. The summed E-state index contributed by atoms with van der Waals surface area (Å²) in [6.07, 6.45) is 7.11. The molecule has 0 bridgehead atoms. The molecule has 24 heavy (non-hydrogen) atoms. The minimum atomic E-state index is -0.192. The van der Waals surface area contributed by atoms with Gasteiger partial charge < -0.3 is 28.7 Å². The van der Waals surface area contributed by atoms with Crippen LogP contribution in [0.15, 0.2) is 30.8 Å². The van der Waals surface area contributed by atoms with Gasteiger partial charge in [0.25, 0.3) is 0 Å². The number of aromatic hydroxyl groups is 1. The molecule has 5 nitrogen and oxygen atoms in total. The second-order valence-corrected chi connectivity index (χ2v) is 5.62. The number of phenols is 1. The third-order valence-corrected chi connectivity index (χ3v) is 3.64. The Kier molecular flexibility index (Phi) is 12.8. The molecule has 6 heteroatoms. The van der Waals surface area contributed by atoms with E-state index in [1.54, 1.807) is 31.2 Å². The summed E-state index contributed by atoms with van der Waals surface area (Å²) in [5.74, 6) is 1.35. The third-order valence-electron chi connectivity index (χ3n) is 3.64. The first kappa shape index (κ1) is 22.3. The molecule has 1 saturated carbocycles. The molecule has 2 amide bonds. The molecule has 3 N–H and O–H groups in total. The summed E-state index contributed by atoms with van der Waals surface area (Å²) in [7, 11) is 0. The van der Waals surface area contributed by atoms with Gasteiger partial charge in [0.15, 0.2) is 0 Å². The summed E-state index contributed by atoms with van der Waals surface area (Å²) in [5.41, 5.74) is 0.678. The normalized spacial score (nSPS) is 18.8. The second-order valence-electron chi connectivity index (χ2n) is 5.62. The van der Waals surface area contributed by atoms with E-state index in [-0.39, 0.29) is 11.8 Å². The van der Waals surface area contributed by atoms with E-state index in [4.69, 9.17) is 8.97 Å². The third kappa shape index (κ3) is 10.2. The number of allylic oxidation sites excluding steroid dienone is 1. The maximum absolute atomic E-state index is 11.7. The van der Waals surface area contributed by atoms with Crippen LogP contribution in [0, 0.1) is 24.8 Å². The molecular weight excluding hydrogens is 351 g/mol. The van der Waals surface area contributed by atoms with E-state index >= 15 is 0 Å². The van der Waals surface area contributed by atoms with Crippen LogP contribution < -0.4 is 10.6 Å². The standard InChI is InChI=1S/C15H21N2O2.C3H5.Co.O/c1-11-2-4-12(5-3-11)10-16-15(19)17-13-6-8-14(18)9-7-13;1-3-2;;/h6-9,11-12,18H,1-5,10H2,(H2,16,17,19);1H2,2H3;;/q2*-1;;. The fourth-order valence-corrected chi connectivity index (χ4v) is 2.39. The van der Waals surface area contributed by atoms with Gasteiger partial charge in [0.2, 0.25) is 0 Å². The van der Waals surface area contributed by atoms with Crippen LogP contribution in [0.3, 0.4) is 0 Å². The molecule has 0 radical (unpaired) electrons. The van der Waals surface area contributed by atoms with Gasteiger partial charge in [-0.2, -0.15) is 12.8 Å². The molecule has 0 saturated heterocycles. The van der Waals surface area contributed by atoms with Crippen LogP contribution in [0.4, 0.5) is 10.5 Å². The molecule has 1 aromatic carbocycles. The Morgan fingerprint density at radius 3 is 2.29 bits per heavy atom. The molecule has 0 heterocycles. The number of benzene rings is 1. The van der Waals surface area contributed by atoms with Gasteiger partial charge >= 0.3 is 25.6 Å². The molecule has 1 aliphatic rings. The van der Waals surface area contributed by atoms with Crippen molar-refractivity contribution < 1.29 is 29.4 Å². The summed E-state index contributed by atoms with van der Waals surface area (Å²) >= 11 is 2.31. The van der Waals surface area contributed by atoms with Crippen molar-refractivity contribution in [2.75, 3.05) is 11.9 Å². The van der Waals surface area contributed by atoms with Gasteiger partial charge in [-0.05, 0) is 30.2 Å². The first-order valence-electron chi connectivity index (χ1n) is 7.79. The van der Waals surface area contributed by atoms with Crippen molar-refractivity contribution in [3.05, 3.63) is 43.8 Å². The molecule has 0 unspecified atom stereocenters. The van der Waals surface area contributed by atoms with Crippen LogP contribution in [0.1, 0.15) is 32.6 Å². The zero-order chi connectivity index (χ0) is 18.4. The van der Waals surface area contributed by atoms with Crippen LogP contribution in [0.5, 0.6) is 5.75 Å². The number of rotatable bonds is 3. The molecule has 1 fully saturated rings. The number of hydrogen-bond acceptors (Lipinski definition) is 3. The molecule has 1 aromatic rings. The van der Waals surface area contributed by atoms with Gasteiger partial charge in [-0.1, -0.05) is 25.7 Å². The first-order valence-corrected chi connectivity index (χ1v) is 8.22. The molecule has 0 aromatic heterocycles. The number of carbonyl (C=O) groups is 1. The monoisotopic (exact) mass is 377 g/mol. The summed E-state index contributed by atoms with van der Waals surface area (Å²) in [4.78, 5) is 11.7. The number of amides is 2. The molecule has 1 aliphatic carbocycles. The predicted molar refractivity (Wildman–Crippen MR) is 91.2 cm³/mol. The molecule has 0 aliphatic heterocycles. The minimum absolute atomic E-state index is 0.191. The molecular formula is C18H26CoN2O3-2. The van der Waals surface area contributed by atoms with Gasteiger partial charge in [0.1, 0.15) is 5.75 Å². The quantitative estimate of drug-likeness (QED) is 0.550. The molecule has 0 spiro atoms. The average molecular weight is 377 g/mol. The van der Waals surface area contributed by atoms with Gasteiger partial charge in [0.05, 0.1) is 0 Å². The number of nitrogens with one attached hydrogen (secondary N) is 2. The summed E-state index contributed by atoms with van der Waals surface area (Å²) in [6, 6.07) is 6.24. The van der Waals surface area contributed by atoms with Crippen molar-refractivity contribution in [1.29, 1.82) is 0 Å². The second kappa shape index (κ2) is 13.7. The summed E-state index contributed by atoms with van der Waals surface area (Å²) < 4.78 is 7.94. The Bertz CT molecular complexity index is 472. The van der Waals surface area contributed by atoms with E-state index in [9.17, 15) is 4.79 Å². The van der Waals surface area contributed by atoms with E-state index in [0.29, 0.717) is 17.5 Å². The van der Waals surface area contributed by atoms with Crippen molar-refractivity contribution >= 4 is 11.7 Å². The van der Waals surface area contributed by atoms with E-state index in [1.165, 1.54) is 0 Å². The van der Waals surface area contributed by atoms with Crippen molar-refractivity contribution in [3.63, 3.8) is 0 Å². The van der Waals surface area contributed by atoms with Crippen molar-refractivity contribution in [2.45, 2.75) is 32.6 Å². The SMILES string of the molecule is C=[C-]C.[CH2-]C1CCC(CNC(=O)Nc2ccc(O)cc2)CC1.[O]=[Co]. The zero-order valence-corrected chi connectivity index (χ0v) is 15.1. The number of urea groups is 1. The van der Waals surface area contributed by atoms with E-state index in [2.05, 4.69) is 45.9 Å². The topological polar surface area (TPSA) is 78.4 Å². The maximum atomic E-state index is 11.7. The van der Waals surface area contributed by atoms with Crippen molar-refractivity contribution in [2.24, 2.45) is 11.8 Å². The Morgan fingerprint density at radius 1 is 1.29 bits per heavy atom. The molecule has 0 atom stereocenters. The fourth-order valence-electron chi connectivity index (χ4n) is 2.39. The van der Waals surface area contributed by atoms with Crippen molar-refractivity contribution in [1.82, 2.24) is 5.32 Å². The van der Waals surface area contributed by atoms with Gasteiger partial charge in [-0.3, -0.25) is 6.58 Å². The molecule has 137 valence electrons. The van der Waals surface area contributed by atoms with Crippen LogP contribution in [-0.2, 0) is 19.5 Å². The van der Waals surface area contributed by atoms with Gasteiger partial charge in [0, 0.05) is 12.2 Å². The number of phenolic OH excluding ortho intramolecular Hbond substituents is 1. The van der Waals surface area contributed by atoms with Crippen LogP contribution in [0.25, 0.3) is 0 Å². The first-order chi connectivity index (χ1) is 11.5. The Labute approximate surface area is 152 Å². The van der Waals surface area contributed by atoms with E-state index in [0.717, 1.165) is 32.2 Å². The summed E-state index contributed by atoms with van der Waals surface area (Å²) in [5, 5.41) is 14.8. The average Bonchev–Trinajstić information content (AvgIpc) is 2.59. The molecule has 2 rings (SSSR count). The van der Waals surface area contributed by atoms with Crippen LogP contribution in [0.2, 0.25) is 0 Å². The Balaban J connectivity index is 0.000000952. The van der Waals surface area contributed by atoms with Crippen molar-refractivity contribution in [3.8, 4) is 5.75 Å². The number of anilines is 1.